The van der Waals surface area contributed by atoms with Gasteiger partial charge in [-0.05, 0) is 31.7 Å². The van der Waals surface area contributed by atoms with E-state index >= 15 is 0 Å². The summed E-state index contributed by atoms with van der Waals surface area (Å²) in [6, 6.07) is 2.22. The quantitative estimate of drug-likeness (QED) is 0.758. The van der Waals surface area contributed by atoms with E-state index in [4.69, 9.17) is 4.74 Å². The Hall–Kier alpha value is -0.830. The molecule has 0 N–H and O–H groups in total. The average molecular weight is 208 g/mol. The molecule has 0 spiro atoms. The number of hydrogen-bond donors (Lipinski definition) is 0. The zero-order valence-corrected chi connectivity index (χ0v) is 9.70. The van der Waals surface area contributed by atoms with Crippen molar-refractivity contribution in [2.45, 2.75) is 52.2 Å². The summed E-state index contributed by atoms with van der Waals surface area (Å²) >= 11 is 0. The highest BCUT2D eigenvalue weighted by atomic mass is 16.5. The van der Waals surface area contributed by atoms with Crippen molar-refractivity contribution < 1.29 is 4.74 Å². The van der Waals surface area contributed by atoms with Gasteiger partial charge in [-0.2, -0.15) is 5.10 Å². The third kappa shape index (κ3) is 2.40. The maximum atomic E-state index is 5.64. The third-order valence-corrected chi connectivity index (χ3v) is 3.04. The van der Waals surface area contributed by atoms with Crippen molar-refractivity contribution in [2.24, 2.45) is 0 Å². The molecule has 0 aliphatic carbocycles. The van der Waals surface area contributed by atoms with Crippen LogP contribution in [0, 0.1) is 0 Å². The molecule has 1 aliphatic heterocycles. The molecule has 1 aliphatic rings. The van der Waals surface area contributed by atoms with E-state index in [-0.39, 0.29) is 0 Å². The minimum atomic E-state index is 0.389. The highest BCUT2D eigenvalue weighted by Crippen LogP contribution is 2.15. The maximum absolute atomic E-state index is 5.64. The molecule has 1 aromatic heterocycles. The van der Waals surface area contributed by atoms with Gasteiger partial charge in [-0.1, -0.05) is 13.8 Å². The van der Waals surface area contributed by atoms with Crippen molar-refractivity contribution in [3.8, 4) is 0 Å². The fraction of sp³-hybridized carbons (Fsp3) is 0.750. The summed E-state index contributed by atoms with van der Waals surface area (Å²) in [6.45, 7) is 6.19. The largest absolute Gasteiger partial charge is 0.376 e. The van der Waals surface area contributed by atoms with Gasteiger partial charge in [-0.3, -0.25) is 4.68 Å². The lowest BCUT2D eigenvalue weighted by Gasteiger charge is -2.11. The molecule has 0 radical (unpaired) electrons. The van der Waals surface area contributed by atoms with Gasteiger partial charge in [0.1, 0.15) is 0 Å². The number of aromatic nitrogens is 2. The van der Waals surface area contributed by atoms with Gasteiger partial charge in [0.05, 0.1) is 18.3 Å². The zero-order valence-electron chi connectivity index (χ0n) is 9.70. The third-order valence-electron chi connectivity index (χ3n) is 3.04. The van der Waals surface area contributed by atoms with Crippen LogP contribution in [0.5, 0.6) is 0 Å². The molecule has 1 unspecified atom stereocenters. The summed E-state index contributed by atoms with van der Waals surface area (Å²) in [4.78, 5) is 0. The first-order chi connectivity index (χ1) is 7.33. The first-order valence-electron chi connectivity index (χ1n) is 6.00. The van der Waals surface area contributed by atoms with Gasteiger partial charge in [0.2, 0.25) is 0 Å². The van der Waals surface area contributed by atoms with Crippen molar-refractivity contribution in [1.82, 2.24) is 9.78 Å². The first kappa shape index (κ1) is 10.7. The molecule has 84 valence electrons. The molecule has 1 aromatic rings. The van der Waals surface area contributed by atoms with Gasteiger partial charge < -0.3 is 4.74 Å². The van der Waals surface area contributed by atoms with E-state index in [1.165, 1.54) is 24.2 Å². The fourth-order valence-corrected chi connectivity index (χ4v) is 2.11. The molecule has 1 saturated heterocycles. The van der Waals surface area contributed by atoms with E-state index in [1.807, 2.05) is 0 Å². The molecule has 1 atom stereocenters. The van der Waals surface area contributed by atoms with Crippen LogP contribution in [-0.4, -0.2) is 22.5 Å². The Labute approximate surface area is 91.4 Å². The molecule has 3 heteroatoms. The van der Waals surface area contributed by atoms with Crippen LogP contribution in [-0.2, 0) is 24.1 Å². The van der Waals surface area contributed by atoms with Crippen LogP contribution in [0.15, 0.2) is 6.07 Å². The van der Waals surface area contributed by atoms with Crippen LogP contribution in [0.1, 0.15) is 38.1 Å². The summed E-state index contributed by atoms with van der Waals surface area (Å²) in [7, 11) is 0. The number of rotatable bonds is 4. The van der Waals surface area contributed by atoms with Crippen LogP contribution in [0.3, 0.4) is 0 Å². The molecule has 0 aromatic carbocycles. The lowest BCUT2D eigenvalue weighted by Crippen LogP contribution is -2.17. The zero-order chi connectivity index (χ0) is 10.7. The molecule has 0 bridgehead atoms. The molecular formula is C12H20N2O. The molecule has 2 rings (SSSR count). The van der Waals surface area contributed by atoms with E-state index in [2.05, 4.69) is 29.7 Å². The SMILES string of the molecule is CCc1cc(CC)n(CC2CCCO2)n1. The Morgan fingerprint density at radius 2 is 2.33 bits per heavy atom. The Morgan fingerprint density at radius 1 is 1.47 bits per heavy atom. The van der Waals surface area contributed by atoms with E-state index in [0.29, 0.717) is 6.10 Å². The van der Waals surface area contributed by atoms with Crippen LogP contribution < -0.4 is 0 Å². The second kappa shape index (κ2) is 4.79. The van der Waals surface area contributed by atoms with E-state index in [9.17, 15) is 0 Å². The second-order valence-electron chi connectivity index (χ2n) is 4.15. The second-order valence-corrected chi connectivity index (χ2v) is 4.15. The van der Waals surface area contributed by atoms with E-state index in [0.717, 1.165) is 26.0 Å². The van der Waals surface area contributed by atoms with Crippen LogP contribution in [0.2, 0.25) is 0 Å². The summed E-state index contributed by atoms with van der Waals surface area (Å²) in [5.41, 5.74) is 2.53. The normalized spacial score (nSPS) is 21.1. The highest BCUT2D eigenvalue weighted by Gasteiger charge is 2.17. The molecule has 0 amide bonds. The lowest BCUT2D eigenvalue weighted by atomic mass is 10.2. The number of aryl methyl sites for hydroxylation is 2. The van der Waals surface area contributed by atoms with Crippen molar-refractivity contribution in [1.29, 1.82) is 0 Å². The van der Waals surface area contributed by atoms with Crippen molar-refractivity contribution in [3.05, 3.63) is 17.5 Å². The van der Waals surface area contributed by atoms with Gasteiger partial charge in [0.25, 0.3) is 0 Å². The monoisotopic (exact) mass is 208 g/mol. The Morgan fingerprint density at radius 3 is 2.93 bits per heavy atom. The topological polar surface area (TPSA) is 27.1 Å². The van der Waals surface area contributed by atoms with Gasteiger partial charge >= 0.3 is 0 Å². The molecule has 15 heavy (non-hydrogen) atoms. The van der Waals surface area contributed by atoms with Gasteiger partial charge in [-0.15, -0.1) is 0 Å². The fourth-order valence-electron chi connectivity index (χ4n) is 2.11. The summed E-state index contributed by atoms with van der Waals surface area (Å²) in [5, 5.41) is 4.60. The minimum Gasteiger partial charge on any atom is -0.376 e. The lowest BCUT2D eigenvalue weighted by molar-refractivity contribution is 0.0932. The van der Waals surface area contributed by atoms with Crippen molar-refractivity contribution in [3.63, 3.8) is 0 Å². The molecule has 2 heterocycles. The molecule has 1 fully saturated rings. The maximum Gasteiger partial charge on any atom is 0.0771 e. The highest BCUT2D eigenvalue weighted by molar-refractivity contribution is 5.10. The minimum absolute atomic E-state index is 0.389. The molecular weight excluding hydrogens is 188 g/mol. The Kier molecular flexibility index (Phi) is 3.41. The summed E-state index contributed by atoms with van der Waals surface area (Å²) in [5.74, 6) is 0. The van der Waals surface area contributed by atoms with E-state index < -0.39 is 0 Å². The van der Waals surface area contributed by atoms with Gasteiger partial charge in [0, 0.05) is 12.3 Å². The summed E-state index contributed by atoms with van der Waals surface area (Å²) < 4.78 is 7.77. The number of ether oxygens (including phenoxy) is 1. The average Bonchev–Trinajstić information content (AvgIpc) is 2.87. The predicted octanol–water partition coefficient (Wildman–Crippen LogP) is 2.19. The standard InChI is InChI=1S/C12H20N2O/c1-3-10-8-11(4-2)14(13-10)9-12-6-5-7-15-12/h8,12H,3-7,9H2,1-2H3. The Balaban J connectivity index is 2.07. The van der Waals surface area contributed by atoms with Gasteiger partial charge in [0.15, 0.2) is 0 Å². The first-order valence-corrected chi connectivity index (χ1v) is 6.00. The summed E-state index contributed by atoms with van der Waals surface area (Å²) in [6.07, 6.45) is 4.85. The smallest absolute Gasteiger partial charge is 0.0771 e. The number of hydrogen-bond acceptors (Lipinski definition) is 2. The van der Waals surface area contributed by atoms with Crippen LogP contribution in [0.4, 0.5) is 0 Å². The number of nitrogens with zero attached hydrogens (tertiary/aromatic N) is 2. The van der Waals surface area contributed by atoms with Crippen LogP contribution >= 0.6 is 0 Å². The predicted molar refractivity (Wildman–Crippen MR) is 60.0 cm³/mol. The van der Waals surface area contributed by atoms with Gasteiger partial charge in [-0.25, -0.2) is 0 Å². The van der Waals surface area contributed by atoms with Crippen molar-refractivity contribution >= 4 is 0 Å². The van der Waals surface area contributed by atoms with Crippen LogP contribution in [0.25, 0.3) is 0 Å². The van der Waals surface area contributed by atoms with E-state index in [1.54, 1.807) is 0 Å². The van der Waals surface area contributed by atoms with Crippen molar-refractivity contribution in [2.75, 3.05) is 6.61 Å². The Bertz CT molecular complexity index is 313. The molecule has 3 nitrogen and oxygen atoms in total. The molecule has 0 saturated carbocycles.